The molecule has 2 aliphatic rings. The Morgan fingerprint density at radius 3 is 2.35 bits per heavy atom. The van der Waals surface area contributed by atoms with Crippen molar-refractivity contribution in [2.75, 3.05) is 0 Å². The highest BCUT2D eigenvalue weighted by atomic mass is 19.4. The van der Waals surface area contributed by atoms with Gasteiger partial charge < -0.3 is 4.74 Å². The lowest BCUT2D eigenvalue weighted by molar-refractivity contribution is -0.265. The van der Waals surface area contributed by atoms with Crippen LogP contribution in [0.4, 0.5) is 26.3 Å². The molecule has 1 atom stereocenters. The van der Waals surface area contributed by atoms with E-state index in [0.717, 1.165) is 44.6 Å². The highest BCUT2D eigenvalue weighted by molar-refractivity contribution is 5.43. The Kier molecular flexibility index (Phi) is 5.19. The summed E-state index contributed by atoms with van der Waals surface area (Å²) in [4.78, 5) is 0. The molecule has 7 heteroatoms. The van der Waals surface area contributed by atoms with Gasteiger partial charge in [0.15, 0.2) is 11.6 Å². The van der Waals surface area contributed by atoms with Crippen molar-refractivity contribution in [1.29, 1.82) is 0 Å². The minimum atomic E-state index is -5.26. The SMILES string of the molecule is CCCC1CCC(c2cc(F)c3c(c2)CC(F)(F)C(C(F)(F)F)O3)CC1. The number of hydrogen-bond donors (Lipinski definition) is 0. The summed E-state index contributed by atoms with van der Waals surface area (Å²) in [6.07, 6.45) is -3.81. The minimum Gasteiger partial charge on any atom is -0.471 e. The Hall–Kier alpha value is -1.40. The molecule has 1 aliphatic carbocycles. The average Bonchev–Trinajstić information content (AvgIpc) is 2.53. The fraction of sp³-hybridized carbons (Fsp3) is 0.684. The molecule has 1 aliphatic heterocycles. The fourth-order valence-corrected chi connectivity index (χ4v) is 4.22. The molecule has 0 bridgehead atoms. The number of halogens is 6. The Balaban J connectivity index is 1.83. The Bertz CT molecular complexity index is 646. The third-order valence-corrected chi connectivity index (χ3v) is 5.50. The maximum Gasteiger partial charge on any atom is 0.431 e. The van der Waals surface area contributed by atoms with E-state index in [1.807, 2.05) is 0 Å². The van der Waals surface area contributed by atoms with Crippen molar-refractivity contribution in [1.82, 2.24) is 0 Å². The number of hydrogen-bond acceptors (Lipinski definition) is 1. The molecule has 1 fully saturated rings. The van der Waals surface area contributed by atoms with Crippen LogP contribution in [-0.4, -0.2) is 18.2 Å². The minimum absolute atomic E-state index is 0.0527. The molecule has 0 aromatic heterocycles. The first-order valence-electron chi connectivity index (χ1n) is 9.05. The second-order valence-corrected chi connectivity index (χ2v) is 7.47. The zero-order valence-electron chi connectivity index (χ0n) is 14.5. The Morgan fingerprint density at radius 1 is 1.12 bits per heavy atom. The molecule has 0 N–H and O–H groups in total. The van der Waals surface area contributed by atoms with Crippen molar-refractivity contribution < 1.29 is 31.1 Å². The number of benzene rings is 1. The summed E-state index contributed by atoms with van der Waals surface area (Å²) in [6, 6.07) is 2.56. The molecule has 1 saturated carbocycles. The van der Waals surface area contributed by atoms with Gasteiger partial charge in [0.25, 0.3) is 12.0 Å². The van der Waals surface area contributed by atoms with Crippen LogP contribution in [0.2, 0.25) is 0 Å². The smallest absolute Gasteiger partial charge is 0.431 e. The first-order valence-corrected chi connectivity index (χ1v) is 9.05. The molecule has 0 radical (unpaired) electrons. The number of alkyl halides is 5. The molecule has 0 saturated heterocycles. The molecule has 0 amide bonds. The molecular weight excluding hydrogens is 358 g/mol. The molecule has 1 aromatic rings. The standard InChI is InChI=1S/C19H22F6O/c1-2-3-11-4-6-12(7-5-11)13-8-14-10-18(21,22)17(19(23,24)25)26-16(14)15(20)9-13/h8-9,11-12,17H,2-7,10H2,1H3. The number of ether oxygens (including phenoxy) is 1. The fourth-order valence-electron chi connectivity index (χ4n) is 4.22. The summed E-state index contributed by atoms with van der Waals surface area (Å²) in [5.41, 5.74) is 0.405. The van der Waals surface area contributed by atoms with Crippen LogP contribution in [0.3, 0.4) is 0 Å². The predicted octanol–water partition coefficient (Wildman–Crippen LogP) is 6.40. The van der Waals surface area contributed by atoms with E-state index >= 15 is 0 Å². The summed E-state index contributed by atoms with van der Waals surface area (Å²) < 4.78 is 85.0. The van der Waals surface area contributed by atoms with Gasteiger partial charge in [-0.1, -0.05) is 25.8 Å². The van der Waals surface area contributed by atoms with Crippen molar-refractivity contribution in [2.45, 2.75) is 76.0 Å². The summed E-state index contributed by atoms with van der Waals surface area (Å²) in [7, 11) is 0. The Morgan fingerprint density at radius 2 is 1.77 bits per heavy atom. The van der Waals surface area contributed by atoms with Crippen LogP contribution in [0, 0.1) is 11.7 Å². The van der Waals surface area contributed by atoms with Crippen molar-refractivity contribution in [3.63, 3.8) is 0 Å². The van der Waals surface area contributed by atoms with Crippen LogP contribution < -0.4 is 4.74 Å². The van der Waals surface area contributed by atoms with Gasteiger partial charge in [-0.3, -0.25) is 0 Å². The van der Waals surface area contributed by atoms with Gasteiger partial charge in [-0.2, -0.15) is 13.2 Å². The van der Waals surface area contributed by atoms with Crippen molar-refractivity contribution in [3.8, 4) is 5.75 Å². The van der Waals surface area contributed by atoms with Gasteiger partial charge in [0, 0.05) is 12.0 Å². The largest absolute Gasteiger partial charge is 0.471 e. The number of rotatable bonds is 3. The summed E-state index contributed by atoms with van der Waals surface area (Å²) in [5, 5.41) is 0. The predicted molar refractivity (Wildman–Crippen MR) is 85.1 cm³/mol. The van der Waals surface area contributed by atoms with E-state index in [1.54, 1.807) is 0 Å². The third kappa shape index (κ3) is 3.81. The van der Waals surface area contributed by atoms with E-state index in [2.05, 4.69) is 11.7 Å². The highest BCUT2D eigenvalue weighted by Crippen LogP contribution is 2.46. The van der Waals surface area contributed by atoms with Crippen molar-refractivity contribution >= 4 is 0 Å². The quantitative estimate of drug-likeness (QED) is 0.551. The van der Waals surface area contributed by atoms with Crippen molar-refractivity contribution in [2.24, 2.45) is 5.92 Å². The number of fused-ring (bicyclic) bond motifs is 1. The van der Waals surface area contributed by atoms with Crippen LogP contribution in [0.1, 0.15) is 62.5 Å². The lowest BCUT2D eigenvalue weighted by atomic mass is 9.76. The zero-order chi connectivity index (χ0) is 19.1. The third-order valence-electron chi connectivity index (χ3n) is 5.50. The van der Waals surface area contributed by atoms with Crippen LogP contribution in [-0.2, 0) is 6.42 Å². The maximum absolute atomic E-state index is 14.4. The van der Waals surface area contributed by atoms with Gasteiger partial charge in [-0.25, -0.2) is 13.2 Å². The molecule has 1 aromatic carbocycles. The lowest BCUT2D eigenvalue weighted by Crippen LogP contribution is -2.52. The molecular formula is C19H22F6O. The average molecular weight is 380 g/mol. The van der Waals surface area contributed by atoms with E-state index in [0.29, 0.717) is 11.5 Å². The second-order valence-electron chi connectivity index (χ2n) is 7.47. The zero-order valence-corrected chi connectivity index (χ0v) is 14.5. The normalized spacial score (nSPS) is 28.3. The molecule has 146 valence electrons. The van der Waals surface area contributed by atoms with Crippen LogP contribution in [0.25, 0.3) is 0 Å². The highest BCUT2D eigenvalue weighted by Gasteiger charge is 2.60. The van der Waals surface area contributed by atoms with Crippen LogP contribution >= 0.6 is 0 Å². The second kappa shape index (κ2) is 6.97. The molecule has 1 heterocycles. The molecule has 1 unspecified atom stereocenters. The van der Waals surface area contributed by atoms with Crippen LogP contribution in [0.15, 0.2) is 12.1 Å². The van der Waals surface area contributed by atoms with E-state index in [4.69, 9.17) is 0 Å². The Labute approximate surface area is 148 Å². The first-order chi connectivity index (χ1) is 12.1. The first kappa shape index (κ1) is 19.4. The maximum atomic E-state index is 14.4. The molecule has 3 rings (SSSR count). The van der Waals surface area contributed by atoms with E-state index in [9.17, 15) is 26.3 Å². The van der Waals surface area contributed by atoms with E-state index in [1.165, 1.54) is 6.07 Å². The summed E-state index contributed by atoms with van der Waals surface area (Å²) in [5.74, 6) is -5.11. The van der Waals surface area contributed by atoms with E-state index < -0.39 is 36.2 Å². The molecule has 1 nitrogen and oxygen atoms in total. The molecule has 0 spiro atoms. The lowest BCUT2D eigenvalue weighted by Gasteiger charge is -2.35. The summed E-state index contributed by atoms with van der Waals surface area (Å²) in [6.45, 7) is 2.12. The van der Waals surface area contributed by atoms with Gasteiger partial charge in [-0.05, 0) is 49.1 Å². The van der Waals surface area contributed by atoms with Gasteiger partial charge in [-0.15, -0.1) is 0 Å². The van der Waals surface area contributed by atoms with Crippen molar-refractivity contribution in [3.05, 3.63) is 29.1 Å². The van der Waals surface area contributed by atoms with Gasteiger partial charge in [0.05, 0.1) is 0 Å². The van der Waals surface area contributed by atoms with Gasteiger partial charge in [0.2, 0.25) is 0 Å². The molecule has 26 heavy (non-hydrogen) atoms. The topological polar surface area (TPSA) is 9.23 Å². The van der Waals surface area contributed by atoms with Gasteiger partial charge >= 0.3 is 6.18 Å². The van der Waals surface area contributed by atoms with E-state index in [-0.39, 0.29) is 11.5 Å². The summed E-state index contributed by atoms with van der Waals surface area (Å²) >= 11 is 0. The van der Waals surface area contributed by atoms with Gasteiger partial charge in [0.1, 0.15) is 0 Å². The van der Waals surface area contributed by atoms with Crippen LogP contribution in [0.5, 0.6) is 5.75 Å². The monoisotopic (exact) mass is 380 g/mol.